The first-order chi connectivity index (χ1) is 11.3. The van der Waals surface area contributed by atoms with Crippen molar-refractivity contribution in [2.24, 2.45) is 0 Å². The second kappa shape index (κ2) is 6.31. The molecule has 0 saturated heterocycles. The van der Waals surface area contributed by atoms with Crippen molar-refractivity contribution in [3.63, 3.8) is 0 Å². The van der Waals surface area contributed by atoms with Crippen molar-refractivity contribution < 1.29 is 13.2 Å². The van der Waals surface area contributed by atoms with E-state index in [0.29, 0.717) is 12.1 Å². The molecule has 3 rings (SSSR count). The van der Waals surface area contributed by atoms with Crippen LogP contribution in [-0.4, -0.2) is 44.2 Å². The van der Waals surface area contributed by atoms with E-state index in [4.69, 9.17) is 0 Å². The highest BCUT2D eigenvalue weighted by molar-refractivity contribution is 7.89. The van der Waals surface area contributed by atoms with Gasteiger partial charge in [-0.25, -0.2) is 12.7 Å². The highest BCUT2D eigenvalue weighted by atomic mass is 32.2. The second-order valence-electron chi connectivity index (χ2n) is 6.04. The Balaban J connectivity index is 1.84. The van der Waals surface area contributed by atoms with Crippen LogP contribution in [0.2, 0.25) is 0 Å². The molecule has 2 aromatic rings. The topological polar surface area (TPSA) is 57.7 Å². The van der Waals surface area contributed by atoms with Gasteiger partial charge < -0.3 is 4.90 Å². The maximum Gasteiger partial charge on any atom is 0.254 e. The van der Waals surface area contributed by atoms with Gasteiger partial charge in [-0.05, 0) is 54.6 Å². The smallest absolute Gasteiger partial charge is 0.254 e. The van der Waals surface area contributed by atoms with Crippen molar-refractivity contribution in [2.75, 3.05) is 20.6 Å². The van der Waals surface area contributed by atoms with Crippen molar-refractivity contribution >= 4 is 27.3 Å². The summed E-state index contributed by atoms with van der Waals surface area (Å²) in [6, 6.07) is 8.29. The fraction of sp³-hybridized carbons (Fsp3) is 0.353. The molecule has 0 N–H and O–H groups in total. The molecule has 0 unspecified atom stereocenters. The third kappa shape index (κ3) is 2.87. The monoisotopic (exact) mass is 364 g/mol. The number of sulfonamides is 1. The third-order valence-electron chi connectivity index (χ3n) is 4.42. The lowest BCUT2D eigenvalue weighted by atomic mass is 10.0. The number of hydrogen-bond acceptors (Lipinski definition) is 4. The van der Waals surface area contributed by atoms with Gasteiger partial charge in [-0.3, -0.25) is 4.79 Å². The van der Waals surface area contributed by atoms with E-state index < -0.39 is 10.0 Å². The molecule has 0 saturated carbocycles. The van der Waals surface area contributed by atoms with Crippen LogP contribution in [0.5, 0.6) is 0 Å². The van der Waals surface area contributed by atoms with Crippen LogP contribution >= 0.6 is 11.3 Å². The van der Waals surface area contributed by atoms with Gasteiger partial charge in [0.2, 0.25) is 10.0 Å². The normalized spacial score (nSPS) is 17.8. The zero-order valence-electron chi connectivity index (χ0n) is 13.9. The quantitative estimate of drug-likeness (QED) is 0.841. The standard InChI is InChI=1S/C17H20N2O3S2/c1-12-15-9-11-23-16(15)8-10-19(12)17(20)13-4-6-14(7-5-13)24(21,22)18(2)3/h4-7,9,11-12H,8,10H2,1-3H3/t12-/m1/s1. The van der Waals surface area contributed by atoms with E-state index in [1.165, 1.54) is 36.7 Å². The number of carbonyl (C=O) groups is 1. The van der Waals surface area contributed by atoms with E-state index >= 15 is 0 Å². The average molecular weight is 364 g/mol. The van der Waals surface area contributed by atoms with Crippen LogP contribution in [0, 0.1) is 0 Å². The van der Waals surface area contributed by atoms with Crippen molar-refractivity contribution in [1.29, 1.82) is 0 Å². The summed E-state index contributed by atoms with van der Waals surface area (Å²) in [6.07, 6.45) is 0.871. The van der Waals surface area contributed by atoms with Gasteiger partial charge >= 0.3 is 0 Å². The summed E-state index contributed by atoms with van der Waals surface area (Å²) >= 11 is 1.74. The molecule has 0 fully saturated rings. The number of benzene rings is 1. The summed E-state index contributed by atoms with van der Waals surface area (Å²) in [4.78, 5) is 16.2. The van der Waals surface area contributed by atoms with Crippen LogP contribution in [0.4, 0.5) is 0 Å². The molecule has 2 heterocycles. The minimum absolute atomic E-state index is 0.0395. The van der Waals surface area contributed by atoms with Crippen LogP contribution in [0.25, 0.3) is 0 Å². The summed E-state index contributed by atoms with van der Waals surface area (Å²) < 4.78 is 25.4. The minimum atomic E-state index is -3.48. The number of hydrogen-bond donors (Lipinski definition) is 0. The van der Waals surface area contributed by atoms with Crippen LogP contribution in [0.3, 0.4) is 0 Å². The molecule has 0 bridgehead atoms. The van der Waals surface area contributed by atoms with Gasteiger partial charge in [0.1, 0.15) is 0 Å². The van der Waals surface area contributed by atoms with Crippen molar-refractivity contribution in [3.05, 3.63) is 51.7 Å². The second-order valence-corrected chi connectivity index (χ2v) is 9.19. The highest BCUT2D eigenvalue weighted by Gasteiger charge is 2.29. The molecule has 1 aromatic heterocycles. The van der Waals surface area contributed by atoms with Gasteiger partial charge in [0.05, 0.1) is 10.9 Å². The van der Waals surface area contributed by atoms with Gasteiger partial charge in [0.15, 0.2) is 0 Å². The fourth-order valence-corrected chi connectivity index (χ4v) is 4.80. The first-order valence-electron chi connectivity index (χ1n) is 7.72. The first kappa shape index (κ1) is 17.1. The molecule has 24 heavy (non-hydrogen) atoms. The predicted octanol–water partition coefficient (Wildman–Crippen LogP) is 2.76. The van der Waals surface area contributed by atoms with Crippen molar-refractivity contribution in [2.45, 2.75) is 24.3 Å². The molecule has 0 spiro atoms. The molecular weight excluding hydrogens is 344 g/mol. The summed E-state index contributed by atoms with van der Waals surface area (Å²) in [5, 5.41) is 2.07. The Morgan fingerprint density at radius 2 is 1.88 bits per heavy atom. The summed E-state index contributed by atoms with van der Waals surface area (Å²) in [5.74, 6) is -0.0619. The summed E-state index contributed by atoms with van der Waals surface area (Å²) in [7, 11) is -0.501. The van der Waals surface area contributed by atoms with E-state index in [1.807, 2.05) is 11.8 Å². The maximum absolute atomic E-state index is 12.8. The fourth-order valence-electron chi connectivity index (χ4n) is 2.93. The lowest BCUT2D eigenvalue weighted by Crippen LogP contribution is -2.38. The molecule has 1 aromatic carbocycles. The van der Waals surface area contributed by atoms with Crippen LogP contribution in [0.15, 0.2) is 40.6 Å². The van der Waals surface area contributed by atoms with E-state index in [0.717, 1.165) is 10.7 Å². The van der Waals surface area contributed by atoms with E-state index in [1.54, 1.807) is 23.5 Å². The van der Waals surface area contributed by atoms with Gasteiger partial charge in [0, 0.05) is 31.1 Å². The number of amides is 1. The number of fused-ring (bicyclic) bond motifs is 1. The lowest BCUT2D eigenvalue weighted by Gasteiger charge is -2.33. The highest BCUT2D eigenvalue weighted by Crippen LogP contribution is 2.33. The lowest BCUT2D eigenvalue weighted by molar-refractivity contribution is 0.0679. The van der Waals surface area contributed by atoms with Crippen molar-refractivity contribution in [1.82, 2.24) is 9.21 Å². The van der Waals surface area contributed by atoms with Crippen molar-refractivity contribution in [3.8, 4) is 0 Å². The average Bonchev–Trinajstić information content (AvgIpc) is 3.04. The molecule has 1 atom stereocenters. The largest absolute Gasteiger partial charge is 0.331 e. The SMILES string of the molecule is C[C@@H]1c2ccsc2CCN1C(=O)c1ccc(S(=O)(=O)N(C)C)cc1. The number of rotatable bonds is 3. The zero-order chi connectivity index (χ0) is 17.5. The zero-order valence-corrected chi connectivity index (χ0v) is 15.5. The Bertz CT molecular complexity index is 854. The first-order valence-corrected chi connectivity index (χ1v) is 10.0. The number of carbonyl (C=O) groups excluding carboxylic acids is 1. The van der Waals surface area contributed by atoms with Gasteiger partial charge in [-0.15, -0.1) is 11.3 Å². The molecule has 1 aliphatic rings. The summed E-state index contributed by atoms with van der Waals surface area (Å²) in [6.45, 7) is 2.72. The molecular formula is C17H20N2O3S2. The van der Waals surface area contributed by atoms with Gasteiger partial charge in [-0.1, -0.05) is 0 Å². The third-order valence-corrected chi connectivity index (χ3v) is 7.24. The number of nitrogens with zero attached hydrogens (tertiary/aromatic N) is 2. The van der Waals surface area contributed by atoms with E-state index in [-0.39, 0.29) is 16.8 Å². The Kier molecular flexibility index (Phi) is 4.50. The molecule has 128 valence electrons. The molecule has 0 radical (unpaired) electrons. The Morgan fingerprint density at radius 1 is 1.21 bits per heavy atom. The summed E-state index contributed by atoms with van der Waals surface area (Å²) in [5.41, 5.74) is 1.73. The molecule has 1 aliphatic heterocycles. The van der Waals surface area contributed by atoms with E-state index in [2.05, 4.69) is 11.4 Å². The Labute approximate surface area is 146 Å². The molecule has 1 amide bonds. The van der Waals surface area contributed by atoms with E-state index in [9.17, 15) is 13.2 Å². The van der Waals surface area contributed by atoms with Crippen LogP contribution in [-0.2, 0) is 16.4 Å². The minimum Gasteiger partial charge on any atom is -0.331 e. The number of thiophene rings is 1. The molecule has 0 aliphatic carbocycles. The Morgan fingerprint density at radius 3 is 2.50 bits per heavy atom. The molecule has 5 nitrogen and oxygen atoms in total. The predicted molar refractivity (Wildman–Crippen MR) is 94.8 cm³/mol. The van der Waals surface area contributed by atoms with Crippen LogP contribution < -0.4 is 0 Å². The van der Waals surface area contributed by atoms with Crippen LogP contribution in [0.1, 0.15) is 33.8 Å². The van der Waals surface area contributed by atoms with Gasteiger partial charge in [-0.2, -0.15) is 0 Å². The van der Waals surface area contributed by atoms with Gasteiger partial charge in [0.25, 0.3) is 5.91 Å². The Hall–Kier alpha value is -1.70. The maximum atomic E-state index is 12.8. The molecule has 7 heteroatoms.